The monoisotopic (exact) mass is 373 g/mol. The third kappa shape index (κ3) is 5.08. The van der Waals surface area contributed by atoms with Crippen molar-refractivity contribution in [2.75, 3.05) is 13.2 Å². The van der Waals surface area contributed by atoms with Crippen molar-refractivity contribution < 1.29 is 4.74 Å². The molecule has 1 atom stereocenters. The van der Waals surface area contributed by atoms with Crippen molar-refractivity contribution in [1.29, 1.82) is 0 Å². The molecule has 0 aliphatic carbocycles. The van der Waals surface area contributed by atoms with Crippen molar-refractivity contribution in [3.05, 3.63) is 64.1 Å². The molecule has 1 saturated heterocycles. The quantitative estimate of drug-likeness (QED) is 0.773. The number of hydrogen-bond donors (Lipinski definition) is 1. The van der Waals surface area contributed by atoms with Gasteiger partial charge >= 0.3 is 0 Å². The molecule has 1 aliphatic heterocycles. The number of halogens is 1. The van der Waals surface area contributed by atoms with E-state index in [4.69, 9.17) is 4.74 Å². The summed E-state index contributed by atoms with van der Waals surface area (Å²) in [7, 11) is 0. The van der Waals surface area contributed by atoms with Gasteiger partial charge in [-0.3, -0.25) is 0 Å². The van der Waals surface area contributed by atoms with Crippen LogP contribution in [-0.2, 0) is 6.42 Å². The number of nitrogens with one attached hydrogen (secondary N) is 1. The van der Waals surface area contributed by atoms with Crippen LogP contribution in [0.5, 0.6) is 5.75 Å². The van der Waals surface area contributed by atoms with Gasteiger partial charge in [0, 0.05) is 6.04 Å². The minimum Gasteiger partial charge on any atom is -0.492 e. The highest BCUT2D eigenvalue weighted by Gasteiger charge is 2.12. The third-order valence-electron chi connectivity index (χ3n) is 4.38. The fourth-order valence-electron chi connectivity index (χ4n) is 3.08. The molecule has 1 aliphatic rings. The van der Waals surface area contributed by atoms with Crippen LogP contribution in [0.4, 0.5) is 0 Å². The van der Waals surface area contributed by atoms with E-state index in [1.165, 1.54) is 30.4 Å². The van der Waals surface area contributed by atoms with Gasteiger partial charge in [0.15, 0.2) is 0 Å². The largest absolute Gasteiger partial charge is 0.492 e. The molecule has 0 radical (unpaired) electrons. The first-order chi connectivity index (χ1) is 11.3. The summed E-state index contributed by atoms with van der Waals surface area (Å²) in [5.74, 6) is 0.942. The minimum absolute atomic E-state index is 0.625. The van der Waals surface area contributed by atoms with Crippen molar-refractivity contribution in [3.63, 3.8) is 0 Å². The maximum absolute atomic E-state index is 5.96. The van der Waals surface area contributed by atoms with E-state index in [2.05, 4.69) is 69.8 Å². The molecule has 2 aromatic rings. The normalized spacial score (nSPS) is 17.9. The average Bonchev–Trinajstić information content (AvgIpc) is 2.59. The van der Waals surface area contributed by atoms with Crippen LogP contribution < -0.4 is 10.1 Å². The zero-order chi connectivity index (χ0) is 15.9. The Bertz CT molecular complexity index is 608. The van der Waals surface area contributed by atoms with E-state index in [0.717, 1.165) is 36.2 Å². The van der Waals surface area contributed by atoms with Gasteiger partial charge in [0.1, 0.15) is 5.75 Å². The van der Waals surface area contributed by atoms with E-state index in [1.807, 2.05) is 0 Å². The van der Waals surface area contributed by atoms with Crippen LogP contribution in [-0.4, -0.2) is 19.2 Å². The highest BCUT2D eigenvalue weighted by atomic mass is 79.9. The van der Waals surface area contributed by atoms with Gasteiger partial charge in [0.05, 0.1) is 11.1 Å². The predicted octanol–water partition coefficient (Wildman–Crippen LogP) is 4.95. The average molecular weight is 374 g/mol. The summed E-state index contributed by atoms with van der Waals surface area (Å²) in [6.07, 6.45) is 5.96. The van der Waals surface area contributed by atoms with Crippen LogP contribution in [0.25, 0.3) is 0 Å². The lowest BCUT2D eigenvalue weighted by Gasteiger charge is -2.23. The second-order valence-corrected chi connectivity index (χ2v) is 7.07. The van der Waals surface area contributed by atoms with E-state index in [1.54, 1.807) is 0 Å². The standard InChI is InChI=1S/C20H24BrNO/c21-19-15-17(14-16-6-2-1-3-7-16)9-10-20(19)23-13-11-18-8-4-5-12-22-18/h1-3,6-7,9-10,15,18,22H,4-5,8,11-14H2/t18-/m0/s1. The first kappa shape index (κ1) is 16.5. The molecular formula is C20H24BrNO. The van der Waals surface area contributed by atoms with Crippen LogP contribution in [0.2, 0.25) is 0 Å². The number of rotatable bonds is 6. The zero-order valence-corrected chi connectivity index (χ0v) is 15.0. The molecule has 1 heterocycles. The summed E-state index contributed by atoms with van der Waals surface area (Å²) in [5.41, 5.74) is 2.63. The smallest absolute Gasteiger partial charge is 0.133 e. The van der Waals surface area contributed by atoms with Crippen molar-refractivity contribution in [3.8, 4) is 5.75 Å². The molecule has 3 heteroatoms. The Morgan fingerprint density at radius 2 is 1.91 bits per heavy atom. The molecule has 3 rings (SSSR count). The maximum Gasteiger partial charge on any atom is 0.133 e. The van der Waals surface area contributed by atoms with Crippen LogP contribution in [0.1, 0.15) is 36.8 Å². The van der Waals surface area contributed by atoms with E-state index in [-0.39, 0.29) is 0 Å². The second kappa shape index (κ2) is 8.51. The van der Waals surface area contributed by atoms with E-state index < -0.39 is 0 Å². The van der Waals surface area contributed by atoms with Crippen molar-refractivity contribution in [2.24, 2.45) is 0 Å². The Kier molecular flexibility index (Phi) is 6.12. The Labute approximate surface area is 147 Å². The van der Waals surface area contributed by atoms with Crippen LogP contribution >= 0.6 is 15.9 Å². The number of hydrogen-bond acceptors (Lipinski definition) is 2. The van der Waals surface area contributed by atoms with Crippen molar-refractivity contribution >= 4 is 15.9 Å². The lowest BCUT2D eigenvalue weighted by molar-refractivity contribution is 0.267. The molecule has 0 amide bonds. The lowest BCUT2D eigenvalue weighted by atomic mass is 10.0. The van der Waals surface area contributed by atoms with E-state index in [9.17, 15) is 0 Å². The minimum atomic E-state index is 0.625. The molecular weight excluding hydrogens is 350 g/mol. The lowest BCUT2D eigenvalue weighted by Crippen LogP contribution is -2.35. The molecule has 1 N–H and O–H groups in total. The highest BCUT2D eigenvalue weighted by Crippen LogP contribution is 2.27. The summed E-state index contributed by atoms with van der Waals surface area (Å²) >= 11 is 3.65. The number of benzene rings is 2. The summed E-state index contributed by atoms with van der Waals surface area (Å²) in [6, 6.07) is 17.6. The highest BCUT2D eigenvalue weighted by molar-refractivity contribution is 9.10. The first-order valence-corrected chi connectivity index (χ1v) is 9.29. The molecule has 0 unspecified atom stereocenters. The van der Waals surface area contributed by atoms with E-state index >= 15 is 0 Å². The van der Waals surface area contributed by atoms with Crippen LogP contribution in [0.3, 0.4) is 0 Å². The Hall–Kier alpha value is -1.32. The van der Waals surface area contributed by atoms with Crippen LogP contribution in [0, 0.1) is 0 Å². The summed E-state index contributed by atoms with van der Waals surface area (Å²) in [5, 5.41) is 3.56. The molecule has 0 spiro atoms. The fraction of sp³-hybridized carbons (Fsp3) is 0.400. The second-order valence-electron chi connectivity index (χ2n) is 6.21. The fourth-order valence-corrected chi connectivity index (χ4v) is 3.63. The van der Waals surface area contributed by atoms with Gasteiger partial charge in [-0.05, 0) is 71.4 Å². The molecule has 23 heavy (non-hydrogen) atoms. The van der Waals surface area contributed by atoms with Gasteiger partial charge in [0.25, 0.3) is 0 Å². The maximum atomic E-state index is 5.96. The Balaban J connectivity index is 1.52. The van der Waals surface area contributed by atoms with Crippen molar-refractivity contribution in [2.45, 2.75) is 38.1 Å². The topological polar surface area (TPSA) is 21.3 Å². The van der Waals surface area contributed by atoms with Gasteiger partial charge < -0.3 is 10.1 Å². The molecule has 0 bridgehead atoms. The molecule has 1 fully saturated rings. The molecule has 0 aromatic heterocycles. The molecule has 122 valence electrons. The summed E-state index contributed by atoms with van der Waals surface area (Å²) in [6.45, 7) is 1.93. The van der Waals surface area contributed by atoms with Gasteiger partial charge in [-0.15, -0.1) is 0 Å². The van der Waals surface area contributed by atoms with Gasteiger partial charge in [0.2, 0.25) is 0 Å². The number of piperidine rings is 1. The molecule has 2 aromatic carbocycles. The summed E-state index contributed by atoms with van der Waals surface area (Å²) in [4.78, 5) is 0. The molecule has 2 nitrogen and oxygen atoms in total. The van der Waals surface area contributed by atoms with Crippen molar-refractivity contribution in [1.82, 2.24) is 5.32 Å². The first-order valence-electron chi connectivity index (χ1n) is 8.50. The third-order valence-corrected chi connectivity index (χ3v) is 5.00. The van der Waals surface area contributed by atoms with Crippen LogP contribution in [0.15, 0.2) is 53.0 Å². The van der Waals surface area contributed by atoms with Gasteiger partial charge in [-0.1, -0.05) is 42.8 Å². The Morgan fingerprint density at radius 3 is 2.65 bits per heavy atom. The summed E-state index contributed by atoms with van der Waals surface area (Å²) < 4.78 is 7.00. The molecule has 0 saturated carbocycles. The number of ether oxygens (including phenoxy) is 1. The van der Waals surface area contributed by atoms with Gasteiger partial charge in [-0.25, -0.2) is 0 Å². The SMILES string of the molecule is Brc1cc(Cc2ccccc2)ccc1OCC[C@@H]1CCCCN1. The zero-order valence-electron chi connectivity index (χ0n) is 13.4. The van der Waals surface area contributed by atoms with Gasteiger partial charge in [-0.2, -0.15) is 0 Å². The predicted molar refractivity (Wildman–Crippen MR) is 99.1 cm³/mol. The van der Waals surface area contributed by atoms with E-state index in [0.29, 0.717) is 6.04 Å². The Morgan fingerprint density at radius 1 is 1.04 bits per heavy atom.